The Morgan fingerprint density at radius 1 is 1.36 bits per heavy atom. The van der Waals surface area contributed by atoms with Crippen molar-refractivity contribution in [3.8, 4) is 0 Å². The summed E-state index contributed by atoms with van der Waals surface area (Å²) in [4.78, 5) is 2.61. The van der Waals surface area contributed by atoms with Gasteiger partial charge in [-0.05, 0) is 26.7 Å². The average molecular weight is 198 g/mol. The first-order valence-electron chi connectivity index (χ1n) is 5.84. The van der Waals surface area contributed by atoms with E-state index in [0.29, 0.717) is 12.1 Å². The Labute approximate surface area is 86.8 Å². The molecule has 14 heavy (non-hydrogen) atoms. The first-order valence-corrected chi connectivity index (χ1v) is 5.84. The zero-order valence-corrected chi connectivity index (χ0v) is 9.33. The van der Waals surface area contributed by atoms with Gasteiger partial charge in [-0.3, -0.25) is 4.90 Å². The van der Waals surface area contributed by atoms with Gasteiger partial charge in [0.05, 0.1) is 6.10 Å². The fourth-order valence-electron chi connectivity index (χ4n) is 2.55. The minimum absolute atomic E-state index is 0.411. The SMILES string of the molecule is CC1CC(N2CCCOC(C)C2)CN1. The van der Waals surface area contributed by atoms with Crippen LogP contribution in [0.15, 0.2) is 0 Å². The van der Waals surface area contributed by atoms with Crippen LogP contribution in [0.5, 0.6) is 0 Å². The van der Waals surface area contributed by atoms with Gasteiger partial charge in [-0.1, -0.05) is 0 Å². The molecule has 3 nitrogen and oxygen atoms in total. The summed E-state index contributed by atoms with van der Waals surface area (Å²) in [5.74, 6) is 0. The van der Waals surface area contributed by atoms with Crippen LogP contribution in [0.1, 0.15) is 26.7 Å². The Morgan fingerprint density at radius 3 is 2.93 bits per heavy atom. The van der Waals surface area contributed by atoms with Crippen molar-refractivity contribution in [1.29, 1.82) is 0 Å². The van der Waals surface area contributed by atoms with Gasteiger partial charge in [0.2, 0.25) is 0 Å². The molecular weight excluding hydrogens is 176 g/mol. The van der Waals surface area contributed by atoms with E-state index >= 15 is 0 Å². The zero-order valence-electron chi connectivity index (χ0n) is 9.33. The number of nitrogens with zero attached hydrogens (tertiary/aromatic N) is 1. The van der Waals surface area contributed by atoms with Gasteiger partial charge in [0, 0.05) is 38.3 Å². The average Bonchev–Trinajstić information content (AvgIpc) is 2.45. The van der Waals surface area contributed by atoms with E-state index in [9.17, 15) is 0 Å². The molecule has 3 unspecified atom stereocenters. The number of hydrogen-bond acceptors (Lipinski definition) is 3. The van der Waals surface area contributed by atoms with Crippen molar-refractivity contribution in [1.82, 2.24) is 10.2 Å². The maximum atomic E-state index is 5.66. The predicted octanol–water partition coefficient (Wildman–Crippen LogP) is 0.848. The molecule has 0 aliphatic carbocycles. The Kier molecular flexibility index (Phi) is 3.42. The minimum atomic E-state index is 0.411. The summed E-state index contributed by atoms with van der Waals surface area (Å²) in [5, 5.41) is 3.52. The summed E-state index contributed by atoms with van der Waals surface area (Å²) in [6.07, 6.45) is 2.90. The molecule has 0 amide bonds. The lowest BCUT2D eigenvalue weighted by Gasteiger charge is -2.27. The van der Waals surface area contributed by atoms with E-state index in [1.807, 2.05) is 0 Å². The van der Waals surface area contributed by atoms with Crippen LogP contribution < -0.4 is 5.32 Å². The second kappa shape index (κ2) is 4.60. The molecule has 2 fully saturated rings. The van der Waals surface area contributed by atoms with E-state index in [1.165, 1.54) is 19.4 Å². The van der Waals surface area contributed by atoms with Crippen LogP contribution in [0.25, 0.3) is 0 Å². The molecule has 82 valence electrons. The number of hydrogen-bond donors (Lipinski definition) is 1. The predicted molar refractivity (Wildman–Crippen MR) is 57.5 cm³/mol. The maximum absolute atomic E-state index is 5.66. The van der Waals surface area contributed by atoms with E-state index in [2.05, 4.69) is 24.1 Å². The highest BCUT2D eigenvalue weighted by Crippen LogP contribution is 2.16. The third kappa shape index (κ3) is 2.47. The lowest BCUT2D eigenvalue weighted by atomic mass is 10.1. The second-order valence-electron chi connectivity index (χ2n) is 4.73. The van der Waals surface area contributed by atoms with Crippen molar-refractivity contribution in [2.75, 3.05) is 26.2 Å². The van der Waals surface area contributed by atoms with Gasteiger partial charge in [0.15, 0.2) is 0 Å². The van der Waals surface area contributed by atoms with Crippen LogP contribution in [0.2, 0.25) is 0 Å². The summed E-state index contributed by atoms with van der Waals surface area (Å²) < 4.78 is 5.66. The molecule has 2 aliphatic heterocycles. The Morgan fingerprint density at radius 2 is 2.21 bits per heavy atom. The van der Waals surface area contributed by atoms with E-state index in [0.717, 1.165) is 25.7 Å². The normalized spacial score (nSPS) is 41.1. The molecule has 3 heteroatoms. The molecule has 3 atom stereocenters. The molecule has 2 rings (SSSR count). The zero-order chi connectivity index (χ0) is 9.97. The molecule has 1 N–H and O–H groups in total. The topological polar surface area (TPSA) is 24.5 Å². The largest absolute Gasteiger partial charge is 0.377 e. The maximum Gasteiger partial charge on any atom is 0.0674 e. The highest BCUT2D eigenvalue weighted by molar-refractivity contribution is 4.87. The van der Waals surface area contributed by atoms with Crippen LogP contribution in [-0.2, 0) is 4.74 Å². The molecular formula is C11H22N2O. The van der Waals surface area contributed by atoms with Crippen LogP contribution in [0.3, 0.4) is 0 Å². The molecule has 0 spiro atoms. The molecule has 2 aliphatic rings. The van der Waals surface area contributed by atoms with E-state index in [4.69, 9.17) is 4.74 Å². The van der Waals surface area contributed by atoms with Gasteiger partial charge in [0.1, 0.15) is 0 Å². The molecule has 2 saturated heterocycles. The molecule has 0 radical (unpaired) electrons. The van der Waals surface area contributed by atoms with Crippen molar-refractivity contribution in [3.63, 3.8) is 0 Å². The number of rotatable bonds is 1. The molecule has 0 aromatic heterocycles. The molecule has 0 bridgehead atoms. The third-order valence-corrected chi connectivity index (χ3v) is 3.33. The summed E-state index contributed by atoms with van der Waals surface area (Å²) in [7, 11) is 0. The summed E-state index contributed by atoms with van der Waals surface area (Å²) in [6.45, 7) is 8.88. The van der Waals surface area contributed by atoms with Crippen LogP contribution in [0, 0.1) is 0 Å². The quantitative estimate of drug-likeness (QED) is 0.676. The van der Waals surface area contributed by atoms with Crippen molar-refractivity contribution < 1.29 is 4.74 Å². The standard InChI is InChI=1S/C11H22N2O/c1-9-6-11(7-12-9)13-4-3-5-14-10(2)8-13/h9-12H,3-8H2,1-2H3. The number of ether oxygens (including phenoxy) is 1. The Balaban J connectivity index is 1.88. The minimum Gasteiger partial charge on any atom is -0.377 e. The van der Waals surface area contributed by atoms with Crippen molar-refractivity contribution in [2.45, 2.75) is 44.9 Å². The van der Waals surface area contributed by atoms with Crippen molar-refractivity contribution in [2.24, 2.45) is 0 Å². The second-order valence-corrected chi connectivity index (χ2v) is 4.73. The molecule has 0 aromatic rings. The first kappa shape index (κ1) is 10.4. The van der Waals surface area contributed by atoms with Gasteiger partial charge in [-0.15, -0.1) is 0 Å². The third-order valence-electron chi connectivity index (χ3n) is 3.33. The van der Waals surface area contributed by atoms with E-state index < -0.39 is 0 Å². The summed E-state index contributed by atoms with van der Waals surface area (Å²) in [5.41, 5.74) is 0. The Hall–Kier alpha value is -0.120. The highest BCUT2D eigenvalue weighted by atomic mass is 16.5. The van der Waals surface area contributed by atoms with Crippen LogP contribution >= 0.6 is 0 Å². The van der Waals surface area contributed by atoms with Crippen molar-refractivity contribution in [3.05, 3.63) is 0 Å². The lowest BCUT2D eigenvalue weighted by molar-refractivity contribution is 0.0620. The monoisotopic (exact) mass is 198 g/mol. The first-order chi connectivity index (χ1) is 6.75. The van der Waals surface area contributed by atoms with E-state index in [-0.39, 0.29) is 0 Å². The van der Waals surface area contributed by atoms with Gasteiger partial charge in [0.25, 0.3) is 0 Å². The van der Waals surface area contributed by atoms with Gasteiger partial charge in [-0.2, -0.15) is 0 Å². The van der Waals surface area contributed by atoms with Crippen LogP contribution in [-0.4, -0.2) is 49.3 Å². The summed E-state index contributed by atoms with van der Waals surface area (Å²) in [6, 6.07) is 1.44. The lowest BCUT2D eigenvalue weighted by Crippen LogP contribution is -2.40. The van der Waals surface area contributed by atoms with E-state index in [1.54, 1.807) is 0 Å². The van der Waals surface area contributed by atoms with Gasteiger partial charge < -0.3 is 10.1 Å². The number of nitrogens with one attached hydrogen (secondary N) is 1. The van der Waals surface area contributed by atoms with Gasteiger partial charge >= 0.3 is 0 Å². The Bertz CT molecular complexity index is 186. The van der Waals surface area contributed by atoms with Crippen LogP contribution in [0.4, 0.5) is 0 Å². The highest BCUT2D eigenvalue weighted by Gasteiger charge is 2.28. The fraction of sp³-hybridized carbons (Fsp3) is 1.00. The molecule has 2 heterocycles. The van der Waals surface area contributed by atoms with Gasteiger partial charge in [-0.25, -0.2) is 0 Å². The molecule has 0 saturated carbocycles. The fourth-order valence-corrected chi connectivity index (χ4v) is 2.55. The van der Waals surface area contributed by atoms with Crippen molar-refractivity contribution >= 4 is 0 Å². The smallest absolute Gasteiger partial charge is 0.0674 e. The summed E-state index contributed by atoms with van der Waals surface area (Å²) >= 11 is 0. The molecule has 0 aromatic carbocycles.